The summed E-state index contributed by atoms with van der Waals surface area (Å²) in [6, 6.07) is 6.13. The Morgan fingerprint density at radius 3 is 2.83 bits per heavy atom. The molecular formula is C13H13BrFNOS. The topological polar surface area (TPSA) is 35.2 Å². The van der Waals surface area contributed by atoms with Gasteiger partial charge < -0.3 is 10.5 Å². The average Bonchev–Trinajstić information content (AvgIpc) is 2.73. The number of halogens is 2. The fourth-order valence-electron chi connectivity index (χ4n) is 1.58. The van der Waals surface area contributed by atoms with Gasteiger partial charge in [-0.05, 0) is 52.5 Å². The van der Waals surface area contributed by atoms with E-state index < -0.39 is 0 Å². The summed E-state index contributed by atoms with van der Waals surface area (Å²) in [5.41, 5.74) is 6.49. The largest absolute Gasteiger partial charge is 0.488 e. The smallest absolute Gasteiger partial charge is 0.124 e. The highest BCUT2D eigenvalue weighted by molar-refractivity contribution is 9.10. The van der Waals surface area contributed by atoms with Crippen LogP contribution >= 0.6 is 27.3 Å². The molecule has 2 N–H and O–H groups in total. The monoisotopic (exact) mass is 329 g/mol. The summed E-state index contributed by atoms with van der Waals surface area (Å²) in [6.07, 6.45) is 0. The van der Waals surface area contributed by atoms with E-state index in [-0.39, 0.29) is 11.9 Å². The van der Waals surface area contributed by atoms with Crippen molar-refractivity contribution in [1.82, 2.24) is 0 Å². The molecule has 1 atom stereocenters. The van der Waals surface area contributed by atoms with Crippen molar-refractivity contribution in [1.29, 1.82) is 0 Å². The van der Waals surface area contributed by atoms with Gasteiger partial charge >= 0.3 is 0 Å². The summed E-state index contributed by atoms with van der Waals surface area (Å²) in [5.74, 6) is 0.332. The maximum Gasteiger partial charge on any atom is 0.124 e. The second-order valence-corrected chi connectivity index (χ2v) is 5.81. The van der Waals surface area contributed by atoms with Gasteiger partial charge in [-0.15, -0.1) is 11.3 Å². The van der Waals surface area contributed by atoms with Gasteiger partial charge in [0.05, 0.1) is 4.88 Å². The van der Waals surface area contributed by atoms with Gasteiger partial charge in [0.15, 0.2) is 0 Å². The lowest BCUT2D eigenvalue weighted by molar-refractivity contribution is 0.303. The maximum absolute atomic E-state index is 13.2. The Morgan fingerprint density at radius 2 is 2.22 bits per heavy atom. The number of nitrogens with two attached hydrogens (primary N) is 1. The normalized spacial score (nSPS) is 12.4. The van der Waals surface area contributed by atoms with Crippen LogP contribution in [0.5, 0.6) is 5.75 Å². The predicted octanol–water partition coefficient (Wildman–Crippen LogP) is 4.25. The quantitative estimate of drug-likeness (QED) is 0.910. The molecule has 1 heterocycles. The molecule has 0 saturated carbocycles. The van der Waals surface area contributed by atoms with Crippen molar-refractivity contribution in [2.45, 2.75) is 19.6 Å². The van der Waals surface area contributed by atoms with E-state index in [1.54, 1.807) is 17.4 Å². The summed E-state index contributed by atoms with van der Waals surface area (Å²) in [7, 11) is 0. The summed E-state index contributed by atoms with van der Waals surface area (Å²) < 4.78 is 19.9. The predicted molar refractivity (Wildman–Crippen MR) is 75.4 cm³/mol. The molecule has 0 aliphatic heterocycles. The lowest BCUT2D eigenvalue weighted by Crippen LogP contribution is -2.08. The van der Waals surface area contributed by atoms with Crippen LogP contribution in [0.25, 0.3) is 0 Å². The molecule has 0 unspecified atom stereocenters. The molecule has 5 heteroatoms. The number of hydrogen-bond donors (Lipinski definition) is 1. The van der Waals surface area contributed by atoms with Gasteiger partial charge in [-0.3, -0.25) is 0 Å². The Kier molecular flexibility index (Phi) is 4.37. The van der Waals surface area contributed by atoms with E-state index in [0.29, 0.717) is 17.9 Å². The van der Waals surface area contributed by atoms with E-state index in [2.05, 4.69) is 15.9 Å². The Labute approximate surface area is 118 Å². The third-order valence-electron chi connectivity index (χ3n) is 2.51. The third kappa shape index (κ3) is 3.10. The summed E-state index contributed by atoms with van der Waals surface area (Å²) in [6.45, 7) is 2.26. The van der Waals surface area contributed by atoms with Crippen molar-refractivity contribution in [3.8, 4) is 5.75 Å². The van der Waals surface area contributed by atoms with Crippen molar-refractivity contribution < 1.29 is 9.13 Å². The number of rotatable bonds is 4. The molecule has 2 rings (SSSR count). The van der Waals surface area contributed by atoms with Crippen LogP contribution in [0, 0.1) is 5.82 Å². The van der Waals surface area contributed by atoms with Gasteiger partial charge in [0.2, 0.25) is 0 Å². The first-order valence-electron chi connectivity index (χ1n) is 5.47. The van der Waals surface area contributed by atoms with E-state index in [0.717, 1.165) is 9.35 Å². The van der Waals surface area contributed by atoms with Crippen LogP contribution in [-0.4, -0.2) is 0 Å². The van der Waals surface area contributed by atoms with Gasteiger partial charge in [-0.2, -0.15) is 0 Å². The van der Waals surface area contributed by atoms with Gasteiger partial charge in [-0.25, -0.2) is 4.39 Å². The Bertz CT molecular complexity index is 542. The highest BCUT2D eigenvalue weighted by Gasteiger charge is 2.10. The van der Waals surface area contributed by atoms with Gasteiger partial charge in [0, 0.05) is 16.1 Å². The molecule has 0 spiro atoms. The fourth-order valence-corrected chi connectivity index (χ4v) is 2.96. The van der Waals surface area contributed by atoms with Crippen LogP contribution in [0.2, 0.25) is 0 Å². The van der Waals surface area contributed by atoms with Gasteiger partial charge in [0.1, 0.15) is 18.2 Å². The van der Waals surface area contributed by atoms with Crippen LogP contribution in [-0.2, 0) is 6.61 Å². The van der Waals surface area contributed by atoms with Crippen LogP contribution in [0.4, 0.5) is 4.39 Å². The zero-order valence-corrected chi connectivity index (χ0v) is 12.2. The third-order valence-corrected chi connectivity index (χ3v) is 4.41. The highest BCUT2D eigenvalue weighted by atomic mass is 79.9. The zero-order chi connectivity index (χ0) is 13.1. The Morgan fingerprint density at radius 1 is 1.44 bits per heavy atom. The molecule has 18 heavy (non-hydrogen) atoms. The van der Waals surface area contributed by atoms with E-state index in [1.807, 2.05) is 18.4 Å². The summed E-state index contributed by atoms with van der Waals surface area (Å²) in [5, 5.41) is 1.99. The van der Waals surface area contributed by atoms with E-state index in [9.17, 15) is 4.39 Å². The Balaban J connectivity index is 2.16. The second-order valence-electron chi connectivity index (χ2n) is 3.95. The highest BCUT2D eigenvalue weighted by Crippen LogP contribution is 2.28. The van der Waals surface area contributed by atoms with Crippen molar-refractivity contribution in [3.05, 3.63) is 50.4 Å². The summed E-state index contributed by atoms with van der Waals surface area (Å²) in [4.78, 5) is 1.09. The van der Waals surface area contributed by atoms with E-state index >= 15 is 0 Å². The van der Waals surface area contributed by atoms with E-state index in [1.165, 1.54) is 12.1 Å². The molecule has 0 radical (unpaired) electrons. The molecule has 96 valence electrons. The molecule has 0 fully saturated rings. The first kappa shape index (κ1) is 13.5. The SMILES string of the molecule is C[C@H](N)c1cc(F)ccc1OCc1sccc1Br. The molecule has 0 aliphatic rings. The lowest BCUT2D eigenvalue weighted by atomic mass is 10.1. The van der Waals surface area contributed by atoms with E-state index in [4.69, 9.17) is 10.5 Å². The minimum Gasteiger partial charge on any atom is -0.488 e. The van der Waals surface area contributed by atoms with Crippen molar-refractivity contribution in [3.63, 3.8) is 0 Å². The maximum atomic E-state index is 13.2. The van der Waals surface area contributed by atoms with Crippen molar-refractivity contribution in [2.75, 3.05) is 0 Å². The molecule has 0 bridgehead atoms. The van der Waals surface area contributed by atoms with Crippen LogP contribution in [0.3, 0.4) is 0 Å². The molecule has 1 aromatic carbocycles. The van der Waals surface area contributed by atoms with Gasteiger partial charge in [-0.1, -0.05) is 0 Å². The zero-order valence-electron chi connectivity index (χ0n) is 9.82. The molecule has 0 saturated heterocycles. The second kappa shape index (κ2) is 5.82. The number of hydrogen-bond acceptors (Lipinski definition) is 3. The lowest BCUT2D eigenvalue weighted by Gasteiger charge is -2.13. The molecule has 2 aromatic rings. The molecule has 1 aromatic heterocycles. The first-order valence-corrected chi connectivity index (χ1v) is 7.15. The van der Waals surface area contributed by atoms with Crippen molar-refractivity contribution >= 4 is 27.3 Å². The van der Waals surface area contributed by atoms with Crippen LogP contribution in [0.15, 0.2) is 34.1 Å². The van der Waals surface area contributed by atoms with Gasteiger partial charge in [0.25, 0.3) is 0 Å². The number of thiophene rings is 1. The first-order chi connectivity index (χ1) is 8.58. The Hall–Kier alpha value is -0.910. The average molecular weight is 330 g/mol. The molecule has 2 nitrogen and oxygen atoms in total. The fraction of sp³-hybridized carbons (Fsp3) is 0.231. The molecular weight excluding hydrogens is 317 g/mol. The van der Waals surface area contributed by atoms with Crippen molar-refractivity contribution in [2.24, 2.45) is 5.73 Å². The summed E-state index contributed by atoms with van der Waals surface area (Å²) >= 11 is 5.05. The number of ether oxygens (including phenoxy) is 1. The van der Waals surface area contributed by atoms with Crippen LogP contribution in [0.1, 0.15) is 23.4 Å². The number of benzene rings is 1. The molecule has 0 aliphatic carbocycles. The molecule has 0 amide bonds. The minimum absolute atomic E-state index is 0.262. The minimum atomic E-state index is -0.299. The van der Waals surface area contributed by atoms with Crippen LogP contribution < -0.4 is 10.5 Å². The standard InChI is InChI=1S/C13H13BrFNOS/c1-8(16)10-6-9(15)2-3-12(10)17-7-13-11(14)4-5-18-13/h2-6,8H,7,16H2,1H3/t8-/m0/s1.